The molecule has 1 atom stereocenters. The van der Waals surface area contributed by atoms with Gasteiger partial charge in [-0.25, -0.2) is 17.2 Å². The molecule has 2 amide bonds. The van der Waals surface area contributed by atoms with E-state index in [1.54, 1.807) is 9.80 Å². The lowest BCUT2D eigenvalue weighted by molar-refractivity contribution is -0.142. The van der Waals surface area contributed by atoms with Gasteiger partial charge < -0.3 is 9.80 Å². The van der Waals surface area contributed by atoms with E-state index in [1.807, 2.05) is 0 Å². The van der Waals surface area contributed by atoms with Gasteiger partial charge in [0.25, 0.3) is 0 Å². The molecule has 1 aliphatic carbocycles. The van der Waals surface area contributed by atoms with Crippen LogP contribution in [0.5, 0.6) is 0 Å². The quantitative estimate of drug-likeness (QED) is 0.709. The van der Waals surface area contributed by atoms with Crippen molar-refractivity contribution >= 4 is 21.8 Å². The number of rotatable bonds is 4. The smallest absolute Gasteiger partial charge is 0.246 e. The van der Waals surface area contributed by atoms with Crippen molar-refractivity contribution in [3.63, 3.8) is 0 Å². The van der Waals surface area contributed by atoms with Crippen LogP contribution in [-0.2, 0) is 19.6 Å². The average Bonchev–Trinajstić information content (AvgIpc) is 3.58. The van der Waals surface area contributed by atoms with Gasteiger partial charge >= 0.3 is 0 Å². The number of nitrogens with zero attached hydrogens (tertiary/aromatic N) is 3. The van der Waals surface area contributed by atoms with E-state index in [9.17, 15) is 26.8 Å². The summed E-state index contributed by atoms with van der Waals surface area (Å²) in [6, 6.07) is 2.38. The standard InChI is InChI=1S/C20H25F2N3O4S/c21-16-5-6-18(17(22)12-16)30(28,29)25-10-8-23(9-11-25)20(27)15-2-1-7-24(13-15)19(26)14-3-4-14/h5-6,12,14-15H,1-4,7-11,13H2. The molecule has 2 saturated heterocycles. The van der Waals surface area contributed by atoms with Crippen molar-refractivity contribution in [1.29, 1.82) is 0 Å². The fourth-order valence-corrected chi connectivity index (χ4v) is 5.67. The molecule has 4 rings (SSSR count). The van der Waals surface area contributed by atoms with Gasteiger partial charge in [0.05, 0.1) is 5.92 Å². The Kier molecular flexibility index (Phi) is 5.80. The molecule has 1 aromatic rings. The Bertz CT molecular complexity index is 943. The molecule has 3 fully saturated rings. The molecule has 0 radical (unpaired) electrons. The largest absolute Gasteiger partial charge is 0.342 e. The van der Waals surface area contributed by atoms with Crippen molar-refractivity contribution in [2.24, 2.45) is 11.8 Å². The van der Waals surface area contributed by atoms with E-state index in [0.29, 0.717) is 25.6 Å². The van der Waals surface area contributed by atoms with Gasteiger partial charge in [-0.1, -0.05) is 0 Å². The van der Waals surface area contributed by atoms with Crippen LogP contribution in [0.3, 0.4) is 0 Å². The van der Waals surface area contributed by atoms with E-state index in [2.05, 4.69) is 0 Å². The second kappa shape index (κ2) is 8.22. The highest BCUT2D eigenvalue weighted by Crippen LogP contribution is 2.33. The van der Waals surface area contributed by atoms with Crippen LogP contribution < -0.4 is 0 Å². The zero-order chi connectivity index (χ0) is 21.5. The zero-order valence-electron chi connectivity index (χ0n) is 16.6. The molecule has 0 spiro atoms. The summed E-state index contributed by atoms with van der Waals surface area (Å²) in [6.45, 7) is 1.61. The number of halogens is 2. The lowest BCUT2D eigenvalue weighted by Gasteiger charge is -2.38. The molecule has 3 aliphatic rings. The van der Waals surface area contributed by atoms with Crippen molar-refractivity contribution in [2.45, 2.75) is 30.6 Å². The summed E-state index contributed by atoms with van der Waals surface area (Å²) < 4.78 is 53.6. The number of carbonyl (C=O) groups is 2. The summed E-state index contributed by atoms with van der Waals surface area (Å²) in [5, 5.41) is 0. The average molecular weight is 442 g/mol. The molecule has 0 N–H and O–H groups in total. The number of piperidine rings is 1. The first-order chi connectivity index (χ1) is 14.3. The summed E-state index contributed by atoms with van der Waals surface area (Å²) >= 11 is 0. The predicted octanol–water partition coefficient (Wildman–Crippen LogP) is 1.45. The van der Waals surface area contributed by atoms with Gasteiger partial charge in [0, 0.05) is 51.3 Å². The van der Waals surface area contributed by atoms with Crippen LogP contribution in [0.25, 0.3) is 0 Å². The number of carbonyl (C=O) groups excluding carboxylic acids is 2. The van der Waals surface area contributed by atoms with E-state index < -0.39 is 26.6 Å². The van der Waals surface area contributed by atoms with E-state index >= 15 is 0 Å². The lowest BCUT2D eigenvalue weighted by atomic mass is 9.96. The minimum atomic E-state index is -4.11. The second-order valence-corrected chi connectivity index (χ2v) is 10.1. The molecule has 0 bridgehead atoms. The van der Waals surface area contributed by atoms with Crippen LogP contribution in [0.1, 0.15) is 25.7 Å². The molecule has 1 unspecified atom stereocenters. The Balaban J connectivity index is 1.36. The number of amides is 2. The summed E-state index contributed by atoms with van der Waals surface area (Å²) in [7, 11) is -4.11. The minimum Gasteiger partial charge on any atom is -0.342 e. The molecular weight excluding hydrogens is 416 g/mol. The molecule has 30 heavy (non-hydrogen) atoms. The summed E-state index contributed by atoms with van der Waals surface area (Å²) in [5.74, 6) is -2.03. The number of piperazine rings is 1. The Hall–Kier alpha value is -2.07. The minimum absolute atomic E-state index is 0.0440. The van der Waals surface area contributed by atoms with Crippen molar-refractivity contribution in [3.05, 3.63) is 29.8 Å². The van der Waals surface area contributed by atoms with Gasteiger partial charge in [-0.2, -0.15) is 4.31 Å². The number of benzene rings is 1. The highest BCUT2D eigenvalue weighted by molar-refractivity contribution is 7.89. The van der Waals surface area contributed by atoms with Gasteiger partial charge in [-0.05, 0) is 37.8 Å². The van der Waals surface area contributed by atoms with Gasteiger partial charge in [0.15, 0.2) is 0 Å². The Labute approximate surface area is 174 Å². The summed E-state index contributed by atoms with van der Waals surface area (Å²) in [4.78, 5) is 28.1. The van der Waals surface area contributed by atoms with Crippen molar-refractivity contribution in [3.8, 4) is 0 Å². The molecule has 2 heterocycles. The first kappa shape index (κ1) is 21.2. The topological polar surface area (TPSA) is 78.0 Å². The Morgan fingerprint density at radius 1 is 0.867 bits per heavy atom. The molecule has 10 heteroatoms. The van der Waals surface area contributed by atoms with Crippen LogP contribution in [0.2, 0.25) is 0 Å². The molecule has 1 saturated carbocycles. The van der Waals surface area contributed by atoms with Crippen LogP contribution >= 0.6 is 0 Å². The maximum atomic E-state index is 14.0. The van der Waals surface area contributed by atoms with Gasteiger partial charge in [0.1, 0.15) is 16.5 Å². The highest BCUT2D eigenvalue weighted by atomic mass is 32.2. The molecular formula is C20H25F2N3O4S. The van der Waals surface area contributed by atoms with E-state index in [-0.39, 0.29) is 49.8 Å². The normalized spacial score (nSPS) is 23.5. The third kappa shape index (κ3) is 4.20. The van der Waals surface area contributed by atoms with Gasteiger partial charge in [-0.3, -0.25) is 9.59 Å². The van der Waals surface area contributed by atoms with Gasteiger partial charge in [-0.15, -0.1) is 0 Å². The second-order valence-electron chi connectivity index (χ2n) is 8.20. The lowest BCUT2D eigenvalue weighted by Crippen LogP contribution is -2.54. The van der Waals surface area contributed by atoms with Crippen molar-refractivity contribution in [1.82, 2.24) is 14.1 Å². The molecule has 0 aromatic heterocycles. The summed E-state index contributed by atoms with van der Waals surface area (Å²) in [5.41, 5.74) is 0. The van der Waals surface area contributed by atoms with Crippen LogP contribution in [0, 0.1) is 23.5 Å². The maximum absolute atomic E-state index is 14.0. The van der Waals surface area contributed by atoms with Gasteiger partial charge in [0.2, 0.25) is 21.8 Å². The number of likely N-dealkylation sites (tertiary alicyclic amines) is 1. The van der Waals surface area contributed by atoms with Crippen LogP contribution in [0.4, 0.5) is 8.78 Å². The predicted molar refractivity (Wildman–Crippen MR) is 104 cm³/mol. The fourth-order valence-electron chi connectivity index (χ4n) is 4.20. The number of hydrogen-bond donors (Lipinski definition) is 0. The molecule has 7 nitrogen and oxygen atoms in total. The SMILES string of the molecule is O=C(C1CCCN(C(=O)C2CC2)C1)N1CCN(S(=O)(=O)c2ccc(F)cc2F)CC1. The molecule has 164 valence electrons. The van der Waals surface area contributed by atoms with Crippen molar-refractivity contribution in [2.75, 3.05) is 39.3 Å². The van der Waals surface area contributed by atoms with Crippen molar-refractivity contribution < 1.29 is 26.8 Å². The zero-order valence-corrected chi connectivity index (χ0v) is 17.4. The Morgan fingerprint density at radius 2 is 1.53 bits per heavy atom. The summed E-state index contributed by atoms with van der Waals surface area (Å²) in [6.07, 6.45) is 3.36. The van der Waals surface area contributed by atoms with E-state index in [4.69, 9.17) is 0 Å². The number of sulfonamides is 1. The fraction of sp³-hybridized carbons (Fsp3) is 0.600. The highest BCUT2D eigenvalue weighted by Gasteiger charge is 2.39. The van der Waals surface area contributed by atoms with Crippen LogP contribution in [-0.4, -0.2) is 73.6 Å². The third-order valence-corrected chi connectivity index (χ3v) is 8.00. The molecule has 1 aromatic carbocycles. The first-order valence-corrected chi connectivity index (χ1v) is 11.7. The first-order valence-electron chi connectivity index (χ1n) is 10.3. The van der Waals surface area contributed by atoms with Crippen LogP contribution in [0.15, 0.2) is 23.1 Å². The van der Waals surface area contributed by atoms with E-state index in [1.165, 1.54) is 0 Å². The number of hydrogen-bond acceptors (Lipinski definition) is 4. The van der Waals surface area contributed by atoms with E-state index in [0.717, 1.165) is 35.7 Å². The molecule has 2 aliphatic heterocycles. The third-order valence-electron chi connectivity index (χ3n) is 6.07. The monoisotopic (exact) mass is 441 g/mol. The maximum Gasteiger partial charge on any atom is 0.246 e. The Morgan fingerprint density at radius 3 is 2.17 bits per heavy atom.